The molecule has 0 aliphatic heterocycles. The van der Waals surface area contributed by atoms with Crippen LogP contribution in [0.5, 0.6) is 0 Å². The standard InChI is InChI=1S/C14H15NO3/c1-11(16)15-10-4-3-5-12-6-8-13(9-7-12)14(17)18-2/h6-9H,4,10H2,1-2H3,(H,15,16). The van der Waals surface area contributed by atoms with E-state index in [1.54, 1.807) is 24.3 Å². The summed E-state index contributed by atoms with van der Waals surface area (Å²) in [6, 6.07) is 6.86. The van der Waals surface area contributed by atoms with E-state index in [1.165, 1.54) is 14.0 Å². The van der Waals surface area contributed by atoms with Crippen molar-refractivity contribution in [3.8, 4) is 11.8 Å². The fraction of sp³-hybridized carbons (Fsp3) is 0.286. The lowest BCUT2D eigenvalue weighted by Crippen LogP contribution is -2.20. The van der Waals surface area contributed by atoms with Gasteiger partial charge in [-0.25, -0.2) is 4.79 Å². The van der Waals surface area contributed by atoms with Crippen molar-refractivity contribution in [3.63, 3.8) is 0 Å². The fourth-order valence-electron chi connectivity index (χ4n) is 1.27. The maximum Gasteiger partial charge on any atom is 0.337 e. The van der Waals surface area contributed by atoms with Crippen molar-refractivity contribution in [3.05, 3.63) is 35.4 Å². The highest BCUT2D eigenvalue weighted by Gasteiger charge is 2.02. The van der Waals surface area contributed by atoms with Gasteiger partial charge in [0, 0.05) is 25.5 Å². The fourth-order valence-corrected chi connectivity index (χ4v) is 1.27. The van der Waals surface area contributed by atoms with Gasteiger partial charge in [-0.05, 0) is 24.3 Å². The Labute approximate surface area is 106 Å². The van der Waals surface area contributed by atoms with Crippen LogP contribution in [0.2, 0.25) is 0 Å². The van der Waals surface area contributed by atoms with Crippen molar-refractivity contribution in [2.75, 3.05) is 13.7 Å². The first-order valence-electron chi connectivity index (χ1n) is 5.55. The molecule has 0 heterocycles. The average Bonchev–Trinajstić information content (AvgIpc) is 2.38. The summed E-state index contributed by atoms with van der Waals surface area (Å²) >= 11 is 0. The van der Waals surface area contributed by atoms with E-state index in [1.807, 2.05) is 0 Å². The van der Waals surface area contributed by atoms with Gasteiger partial charge in [0.15, 0.2) is 0 Å². The molecular weight excluding hydrogens is 230 g/mol. The Balaban J connectivity index is 2.51. The Morgan fingerprint density at radius 3 is 2.50 bits per heavy atom. The molecule has 0 unspecified atom stereocenters. The van der Waals surface area contributed by atoms with Gasteiger partial charge in [0.1, 0.15) is 0 Å². The summed E-state index contributed by atoms with van der Waals surface area (Å²) in [6.45, 7) is 2.02. The average molecular weight is 245 g/mol. The zero-order valence-electron chi connectivity index (χ0n) is 10.4. The molecule has 0 atom stereocenters. The van der Waals surface area contributed by atoms with Crippen molar-refractivity contribution in [2.45, 2.75) is 13.3 Å². The molecule has 94 valence electrons. The van der Waals surface area contributed by atoms with E-state index in [4.69, 9.17) is 0 Å². The van der Waals surface area contributed by atoms with Crippen molar-refractivity contribution >= 4 is 11.9 Å². The minimum absolute atomic E-state index is 0.0563. The van der Waals surface area contributed by atoms with Gasteiger partial charge in [0.25, 0.3) is 0 Å². The largest absolute Gasteiger partial charge is 0.465 e. The maximum absolute atomic E-state index is 11.2. The Hall–Kier alpha value is -2.28. The third-order valence-electron chi connectivity index (χ3n) is 2.16. The second kappa shape index (κ2) is 7.13. The first kappa shape index (κ1) is 13.8. The van der Waals surface area contributed by atoms with Crippen LogP contribution in [0.1, 0.15) is 29.3 Å². The Morgan fingerprint density at radius 1 is 1.28 bits per heavy atom. The monoisotopic (exact) mass is 245 g/mol. The minimum atomic E-state index is -0.361. The lowest BCUT2D eigenvalue weighted by molar-refractivity contribution is -0.118. The normalized spacial score (nSPS) is 9.00. The topological polar surface area (TPSA) is 55.4 Å². The molecule has 1 N–H and O–H groups in total. The number of methoxy groups -OCH3 is 1. The Bertz CT molecular complexity index is 480. The first-order chi connectivity index (χ1) is 8.63. The van der Waals surface area contributed by atoms with Crippen LogP contribution in [-0.2, 0) is 9.53 Å². The number of nitrogens with one attached hydrogen (secondary N) is 1. The molecule has 1 aromatic rings. The molecule has 1 amide bonds. The van der Waals surface area contributed by atoms with Gasteiger partial charge in [0.05, 0.1) is 12.7 Å². The molecule has 4 heteroatoms. The van der Waals surface area contributed by atoms with E-state index >= 15 is 0 Å². The maximum atomic E-state index is 11.2. The summed E-state index contributed by atoms with van der Waals surface area (Å²) in [4.78, 5) is 21.8. The third-order valence-corrected chi connectivity index (χ3v) is 2.16. The number of hydrogen-bond donors (Lipinski definition) is 1. The van der Waals surface area contributed by atoms with E-state index in [9.17, 15) is 9.59 Å². The molecule has 0 radical (unpaired) electrons. The molecule has 18 heavy (non-hydrogen) atoms. The van der Waals surface area contributed by atoms with Gasteiger partial charge in [-0.1, -0.05) is 11.8 Å². The lowest BCUT2D eigenvalue weighted by atomic mass is 10.1. The summed E-state index contributed by atoms with van der Waals surface area (Å²) in [7, 11) is 1.35. The second-order valence-electron chi connectivity index (χ2n) is 3.60. The molecule has 0 saturated carbocycles. The molecule has 0 aliphatic rings. The highest BCUT2D eigenvalue weighted by atomic mass is 16.5. The molecular formula is C14H15NO3. The summed E-state index contributed by atoms with van der Waals surface area (Å²) in [5.41, 5.74) is 1.33. The van der Waals surface area contributed by atoms with E-state index in [-0.39, 0.29) is 11.9 Å². The van der Waals surface area contributed by atoms with Crippen LogP contribution >= 0.6 is 0 Å². The quantitative estimate of drug-likeness (QED) is 0.497. The summed E-state index contributed by atoms with van der Waals surface area (Å²) in [5, 5.41) is 2.66. The van der Waals surface area contributed by atoms with Crippen LogP contribution in [0, 0.1) is 11.8 Å². The van der Waals surface area contributed by atoms with Crippen molar-refractivity contribution in [1.82, 2.24) is 5.32 Å². The molecule has 0 aromatic heterocycles. The second-order valence-corrected chi connectivity index (χ2v) is 3.60. The van der Waals surface area contributed by atoms with E-state index < -0.39 is 0 Å². The number of carbonyl (C=O) groups is 2. The number of ether oxygens (including phenoxy) is 1. The number of rotatable bonds is 3. The Morgan fingerprint density at radius 2 is 1.94 bits per heavy atom. The highest BCUT2D eigenvalue weighted by Crippen LogP contribution is 2.04. The molecule has 0 bridgehead atoms. The van der Waals surface area contributed by atoms with Crippen molar-refractivity contribution < 1.29 is 14.3 Å². The summed E-state index contributed by atoms with van der Waals surface area (Å²) in [5.74, 6) is 5.47. The molecule has 0 saturated heterocycles. The summed E-state index contributed by atoms with van der Waals surface area (Å²) in [6.07, 6.45) is 0.596. The molecule has 1 rings (SSSR count). The van der Waals surface area contributed by atoms with Crippen molar-refractivity contribution in [2.24, 2.45) is 0 Å². The molecule has 0 spiro atoms. The number of esters is 1. The van der Waals surface area contributed by atoms with Crippen LogP contribution in [0.25, 0.3) is 0 Å². The van der Waals surface area contributed by atoms with Gasteiger partial charge in [0.2, 0.25) is 5.91 Å². The van der Waals surface area contributed by atoms with Crippen LogP contribution in [-0.4, -0.2) is 25.5 Å². The SMILES string of the molecule is COC(=O)c1ccc(C#CCCNC(C)=O)cc1. The summed E-state index contributed by atoms with van der Waals surface area (Å²) < 4.78 is 4.60. The zero-order chi connectivity index (χ0) is 13.4. The molecule has 4 nitrogen and oxygen atoms in total. The van der Waals surface area contributed by atoms with Gasteiger partial charge in [-0.2, -0.15) is 0 Å². The molecule has 0 fully saturated rings. The predicted octanol–water partition coefficient (Wildman–Crippen LogP) is 1.35. The predicted molar refractivity (Wildman–Crippen MR) is 68.0 cm³/mol. The highest BCUT2D eigenvalue weighted by molar-refractivity contribution is 5.89. The van der Waals surface area contributed by atoms with Crippen LogP contribution in [0.15, 0.2) is 24.3 Å². The minimum Gasteiger partial charge on any atom is -0.465 e. The third kappa shape index (κ3) is 4.71. The zero-order valence-corrected chi connectivity index (χ0v) is 10.4. The van der Waals surface area contributed by atoms with Crippen LogP contribution in [0.4, 0.5) is 0 Å². The van der Waals surface area contributed by atoms with Gasteiger partial charge in [-0.15, -0.1) is 0 Å². The number of amides is 1. The Kier molecular flexibility index (Phi) is 5.46. The lowest BCUT2D eigenvalue weighted by Gasteiger charge is -1.98. The van der Waals surface area contributed by atoms with Crippen molar-refractivity contribution in [1.29, 1.82) is 0 Å². The van der Waals surface area contributed by atoms with Crippen LogP contribution in [0.3, 0.4) is 0 Å². The smallest absolute Gasteiger partial charge is 0.337 e. The number of hydrogen-bond acceptors (Lipinski definition) is 3. The molecule has 0 aliphatic carbocycles. The van der Waals surface area contributed by atoms with Gasteiger partial charge in [-0.3, -0.25) is 4.79 Å². The number of carbonyl (C=O) groups excluding carboxylic acids is 2. The molecule has 1 aromatic carbocycles. The van der Waals surface area contributed by atoms with Gasteiger partial charge < -0.3 is 10.1 Å². The first-order valence-corrected chi connectivity index (χ1v) is 5.55. The van der Waals surface area contributed by atoms with E-state index in [0.717, 1.165) is 5.56 Å². The van der Waals surface area contributed by atoms with E-state index in [2.05, 4.69) is 21.9 Å². The van der Waals surface area contributed by atoms with Crippen LogP contribution < -0.4 is 5.32 Å². The van der Waals surface area contributed by atoms with Gasteiger partial charge >= 0.3 is 5.97 Å². The number of benzene rings is 1. The van der Waals surface area contributed by atoms with E-state index in [0.29, 0.717) is 18.5 Å².